The Hall–Kier alpha value is -3.15. The zero-order valence-electron chi connectivity index (χ0n) is 13.3. The van der Waals surface area contributed by atoms with E-state index in [4.69, 9.17) is 0 Å². The number of hydrogen-bond donors (Lipinski definition) is 2. The summed E-state index contributed by atoms with van der Waals surface area (Å²) in [4.78, 5) is 16.3. The number of para-hydroxylation sites is 1. The van der Waals surface area contributed by atoms with Crippen molar-refractivity contribution in [3.8, 4) is 0 Å². The number of hydrazine groups is 1. The molecule has 24 heavy (non-hydrogen) atoms. The number of nitrogens with zero attached hydrogens (tertiary/aromatic N) is 3. The lowest BCUT2D eigenvalue weighted by molar-refractivity contribution is -0.111. The van der Waals surface area contributed by atoms with Crippen molar-refractivity contribution in [3.05, 3.63) is 66.2 Å². The molecule has 3 rings (SSSR count). The van der Waals surface area contributed by atoms with Crippen LogP contribution in [0.2, 0.25) is 0 Å². The topological polar surface area (TPSA) is 77.3 Å². The Morgan fingerprint density at radius 2 is 1.79 bits per heavy atom. The summed E-state index contributed by atoms with van der Waals surface area (Å²) in [5.41, 5.74) is 4.74. The van der Waals surface area contributed by atoms with E-state index >= 15 is 0 Å². The average molecular weight is 322 g/mol. The number of Topliss-reactive ketones (excluding diaryl/α,β-unsaturated/α-hetero) is 1. The van der Waals surface area contributed by atoms with Gasteiger partial charge < -0.3 is 5.21 Å². The Labute approximate surface area is 140 Å². The predicted molar refractivity (Wildman–Crippen MR) is 93.3 cm³/mol. The third-order valence-corrected chi connectivity index (χ3v) is 3.75. The summed E-state index contributed by atoms with van der Waals surface area (Å²) in [6.07, 6.45) is 0.530. The van der Waals surface area contributed by atoms with E-state index in [-0.39, 0.29) is 11.6 Å². The second kappa shape index (κ2) is 6.95. The largest absolute Gasteiger partial charge is 0.409 e. The first-order valence-electron chi connectivity index (χ1n) is 7.65. The second-order valence-electron chi connectivity index (χ2n) is 5.48. The summed E-state index contributed by atoms with van der Waals surface area (Å²) in [6, 6.07) is 18.7. The average Bonchev–Trinajstić information content (AvgIpc) is 2.62. The van der Waals surface area contributed by atoms with Gasteiger partial charge in [-0.3, -0.25) is 15.2 Å². The van der Waals surface area contributed by atoms with Crippen LogP contribution in [0.4, 0.5) is 5.69 Å². The Bertz CT molecular complexity index is 772. The summed E-state index contributed by atoms with van der Waals surface area (Å²) < 4.78 is 0. The molecule has 122 valence electrons. The molecule has 1 unspecified atom stereocenters. The minimum atomic E-state index is -0.460. The molecule has 0 bridgehead atoms. The Balaban J connectivity index is 1.98. The molecule has 1 aliphatic heterocycles. The van der Waals surface area contributed by atoms with Gasteiger partial charge in [0.05, 0.1) is 5.69 Å². The molecule has 2 N–H and O–H groups in total. The van der Waals surface area contributed by atoms with Crippen molar-refractivity contribution in [2.45, 2.75) is 19.4 Å². The van der Waals surface area contributed by atoms with Crippen LogP contribution < -0.4 is 10.4 Å². The Morgan fingerprint density at radius 3 is 2.38 bits per heavy atom. The molecule has 0 aliphatic carbocycles. The normalized spacial score (nSPS) is 18.9. The molecular weight excluding hydrogens is 304 g/mol. The van der Waals surface area contributed by atoms with Gasteiger partial charge in [0.1, 0.15) is 6.04 Å². The van der Waals surface area contributed by atoms with Crippen molar-refractivity contribution in [1.29, 1.82) is 0 Å². The van der Waals surface area contributed by atoms with Crippen molar-refractivity contribution in [3.63, 3.8) is 0 Å². The highest BCUT2D eigenvalue weighted by Gasteiger charge is 2.31. The molecule has 1 aliphatic rings. The molecule has 2 aromatic rings. The fourth-order valence-electron chi connectivity index (χ4n) is 2.58. The van der Waals surface area contributed by atoms with Crippen molar-refractivity contribution in [2.75, 3.05) is 5.01 Å². The number of aliphatic imine (C=N–C) groups is 1. The summed E-state index contributed by atoms with van der Waals surface area (Å²) in [6.45, 7) is 1.45. The Morgan fingerprint density at radius 1 is 1.17 bits per heavy atom. The summed E-state index contributed by atoms with van der Waals surface area (Å²) in [5.74, 6) is 0.410. The van der Waals surface area contributed by atoms with Crippen LogP contribution in [0.3, 0.4) is 0 Å². The predicted octanol–water partition coefficient (Wildman–Crippen LogP) is 2.40. The van der Waals surface area contributed by atoms with Gasteiger partial charge in [-0.05, 0) is 17.7 Å². The molecule has 0 aromatic heterocycles. The van der Waals surface area contributed by atoms with E-state index in [2.05, 4.69) is 15.6 Å². The van der Waals surface area contributed by atoms with Crippen LogP contribution in [0.1, 0.15) is 12.5 Å². The molecule has 1 heterocycles. The lowest BCUT2D eigenvalue weighted by atomic mass is 10.0. The van der Waals surface area contributed by atoms with Crippen LogP contribution in [0, 0.1) is 0 Å². The van der Waals surface area contributed by atoms with E-state index < -0.39 is 6.04 Å². The number of rotatable bonds is 4. The van der Waals surface area contributed by atoms with Crippen molar-refractivity contribution in [1.82, 2.24) is 5.43 Å². The van der Waals surface area contributed by atoms with Crippen LogP contribution in [-0.4, -0.2) is 28.7 Å². The van der Waals surface area contributed by atoms with Crippen LogP contribution in [0.25, 0.3) is 0 Å². The number of hydrogen-bond acceptors (Lipinski definition) is 5. The highest BCUT2D eigenvalue weighted by atomic mass is 16.4. The second-order valence-corrected chi connectivity index (χ2v) is 5.48. The number of carbonyl (C=O) groups excluding carboxylic acids is 1. The molecule has 1 atom stereocenters. The third-order valence-electron chi connectivity index (χ3n) is 3.75. The van der Waals surface area contributed by atoms with Gasteiger partial charge >= 0.3 is 0 Å². The standard InChI is InChI=1S/C18H18N4O2/c1-13(23)17-19-16(12-14-8-4-2-5-9-14)18(21-24)22(20-17)15-10-6-3-7-11-15/h2-11,16,24H,12H2,1H3,(H,19,20). The maximum Gasteiger partial charge on any atom is 0.196 e. The van der Waals surface area contributed by atoms with Gasteiger partial charge in [-0.2, -0.15) is 0 Å². The summed E-state index contributed by atoms with van der Waals surface area (Å²) in [7, 11) is 0. The molecule has 2 aromatic carbocycles. The van der Waals surface area contributed by atoms with Gasteiger partial charge in [-0.25, -0.2) is 5.01 Å². The van der Waals surface area contributed by atoms with E-state index in [0.29, 0.717) is 12.3 Å². The van der Waals surface area contributed by atoms with E-state index in [1.54, 1.807) is 5.01 Å². The zero-order valence-corrected chi connectivity index (χ0v) is 13.3. The van der Waals surface area contributed by atoms with E-state index in [9.17, 15) is 10.0 Å². The molecule has 0 saturated heterocycles. The molecule has 0 amide bonds. The Kier molecular flexibility index (Phi) is 4.56. The van der Waals surface area contributed by atoms with Gasteiger partial charge in [0.25, 0.3) is 0 Å². The number of amidine groups is 2. The van der Waals surface area contributed by atoms with E-state index in [0.717, 1.165) is 11.3 Å². The number of nitrogens with one attached hydrogen (secondary N) is 1. The number of carbonyl (C=O) groups is 1. The number of anilines is 1. The van der Waals surface area contributed by atoms with Crippen molar-refractivity contribution >= 4 is 23.1 Å². The molecular formula is C18H18N4O2. The molecule has 0 spiro atoms. The minimum absolute atomic E-state index is 0.175. The maximum atomic E-state index is 11.8. The fraction of sp³-hybridized carbons (Fsp3) is 0.167. The summed E-state index contributed by atoms with van der Waals surface area (Å²) in [5, 5.41) is 14.6. The quantitative estimate of drug-likeness (QED) is 0.669. The third kappa shape index (κ3) is 3.27. The number of benzene rings is 2. The van der Waals surface area contributed by atoms with Crippen molar-refractivity contribution < 1.29 is 10.0 Å². The zero-order chi connectivity index (χ0) is 16.9. The van der Waals surface area contributed by atoms with Gasteiger partial charge in [-0.1, -0.05) is 53.7 Å². The highest BCUT2D eigenvalue weighted by Crippen LogP contribution is 2.19. The first kappa shape index (κ1) is 15.7. The lowest BCUT2D eigenvalue weighted by Gasteiger charge is -2.33. The summed E-state index contributed by atoms with van der Waals surface area (Å²) >= 11 is 0. The van der Waals surface area contributed by atoms with E-state index in [1.165, 1.54) is 6.92 Å². The number of oxime groups is 1. The SMILES string of the molecule is CC(=O)C1=NC(Cc2ccccc2)C(=NO)N(c2ccccc2)N1. The molecule has 0 radical (unpaired) electrons. The minimum Gasteiger partial charge on any atom is -0.409 e. The first-order chi connectivity index (χ1) is 11.7. The maximum absolute atomic E-state index is 11.8. The molecule has 0 saturated carbocycles. The van der Waals surface area contributed by atoms with Crippen molar-refractivity contribution in [2.24, 2.45) is 10.1 Å². The van der Waals surface area contributed by atoms with E-state index in [1.807, 2.05) is 60.7 Å². The van der Waals surface area contributed by atoms with Gasteiger partial charge in [0.2, 0.25) is 0 Å². The van der Waals surface area contributed by atoms with Crippen LogP contribution in [-0.2, 0) is 11.2 Å². The fourth-order valence-corrected chi connectivity index (χ4v) is 2.58. The lowest BCUT2D eigenvalue weighted by Crippen LogP contribution is -2.57. The smallest absolute Gasteiger partial charge is 0.196 e. The molecule has 6 nitrogen and oxygen atoms in total. The first-order valence-corrected chi connectivity index (χ1v) is 7.65. The van der Waals surface area contributed by atoms with Gasteiger partial charge in [0, 0.05) is 13.3 Å². The van der Waals surface area contributed by atoms with Crippen LogP contribution in [0.5, 0.6) is 0 Å². The monoisotopic (exact) mass is 322 g/mol. The van der Waals surface area contributed by atoms with Gasteiger partial charge in [0.15, 0.2) is 17.5 Å². The van der Waals surface area contributed by atoms with Gasteiger partial charge in [-0.15, -0.1) is 0 Å². The highest BCUT2D eigenvalue weighted by molar-refractivity contribution is 6.39. The van der Waals surface area contributed by atoms with Crippen LogP contribution >= 0.6 is 0 Å². The molecule has 0 fully saturated rings. The number of ketones is 1. The molecule has 6 heteroatoms. The van der Waals surface area contributed by atoms with Crippen LogP contribution in [0.15, 0.2) is 70.8 Å².